The van der Waals surface area contributed by atoms with Crippen LogP contribution in [0.5, 0.6) is 17.2 Å². The molecule has 4 aromatic carbocycles. The molecular weight excluding hydrogens is 372 g/mol. The maximum Gasteiger partial charge on any atom is 0.115 e. The van der Waals surface area contributed by atoms with Gasteiger partial charge in [-0.15, -0.1) is 0 Å². The average molecular weight is 401 g/mol. The van der Waals surface area contributed by atoms with Crippen LogP contribution >= 0.6 is 0 Å². The Balaban J connectivity index is 0.000000188. The Morgan fingerprint density at radius 3 is 1.03 bits per heavy atom. The summed E-state index contributed by atoms with van der Waals surface area (Å²) in [5.74, 6) is 0.956. The second-order valence-electron chi connectivity index (χ2n) is 7.21. The molecule has 0 saturated carbocycles. The molecule has 0 radical (unpaired) electrons. The Labute approximate surface area is 178 Å². The summed E-state index contributed by atoms with van der Waals surface area (Å²) in [4.78, 5) is 0. The van der Waals surface area contributed by atoms with Gasteiger partial charge in [-0.05, 0) is 47.5 Å². The molecule has 4 aromatic rings. The molecule has 3 N–H and O–H groups in total. The standard InChI is InChI=1S/C15H16O.2C6H6O/c1-15(2,12-6-4-3-5-7-12)13-8-10-14(16)11-9-13;2*7-6-4-2-1-3-5-6/h3-11,16H,1-2H3;2*1-5,7H. The molecule has 0 unspecified atom stereocenters. The van der Waals surface area contributed by atoms with Crippen molar-refractivity contribution >= 4 is 0 Å². The Morgan fingerprint density at radius 1 is 0.400 bits per heavy atom. The minimum atomic E-state index is -0.0328. The molecule has 3 heteroatoms. The highest BCUT2D eigenvalue weighted by atomic mass is 16.3. The Morgan fingerprint density at radius 2 is 0.700 bits per heavy atom. The van der Waals surface area contributed by atoms with Crippen LogP contribution in [0.1, 0.15) is 25.0 Å². The molecule has 0 aromatic heterocycles. The molecule has 0 aliphatic heterocycles. The Kier molecular flexibility index (Phi) is 8.52. The van der Waals surface area contributed by atoms with Gasteiger partial charge in [-0.1, -0.05) is 92.7 Å². The minimum Gasteiger partial charge on any atom is -0.508 e. The van der Waals surface area contributed by atoms with E-state index in [9.17, 15) is 5.11 Å². The van der Waals surface area contributed by atoms with E-state index >= 15 is 0 Å². The number of hydrogen-bond acceptors (Lipinski definition) is 3. The van der Waals surface area contributed by atoms with Crippen molar-refractivity contribution in [2.75, 3.05) is 0 Å². The average Bonchev–Trinajstić information content (AvgIpc) is 2.77. The number of phenolic OH excluding ortho intramolecular Hbond substituents is 3. The summed E-state index contributed by atoms with van der Waals surface area (Å²) in [6.07, 6.45) is 0. The van der Waals surface area contributed by atoms with Crippen LogP contribution in [0, 0.1) is 0 Å². The minimum absolute atomic E-state index is 0.0328. The first-order valence-electron chi connectivity index (χ1n) is 9.72. The molecule has 0 atom stereocenters. The third-order valence-electron chi connectivity index (χ3n) is 4.60. The fourth-order valence-corrected chi connectivity index (χ4v) is 2.76. The van der Waals surface area contributed by atoms with E-state index in [-0.39, 0.29) is 5.41 Å². The van der Waals surface area contributed by atoms with Gasteiger partial charge in [-0.2, -0.15) is 0 Å². The fourth-order valence-electron chi connectivity index (χ4n) is 2.76. The highest BCUT2D eigenvalue weighted by Crippen LogP contribution is 2.31. The van der Waals surface area contributed by atoms with Crippen molar-refractivity contribution in [1.82, 2.24) is 0 Å². The maximum absolute atomic E-state index is 9.29. The predicted molar refractivity (Wildman–Crippen MR) is 123 cm³/mol. The molecule has 3 nitrogen and oxygen atoms in total. The fraction of sp³-hybridized carbons (Fsp3) is 0.111. The van der Waals surface area contributed by atoms with Crippen molar-refractivity contribution in [2.45, 2.75) is 19.3 Å². The Hall–Kier alpha value is -3.72. The van der Waals surface area contributed by atoms with Gasteiger partial charge in [0.15, 0.2) is 0 Å². The van der Waals surface area contributed by atoms with Gasteiger partial charge in [-0.3, -0.25) is 0 Å². The quantitative estimate of drug-likeness (QED) is 0.360. The van der Waals surface area contributed by atoms with Crippen LogP contribution in [-0.2, 0) is 5.41 Å². The lowest BCUT2D eigenvalue weighted by atomic mass is 9.78. The second-order valence-corrected chi connectivity index (χ2v) is 7.21. The summed E-state index contributed by atoms with van der Waals surface area (Å²) in [5, 5.41) is 26.6. The zero-order valence-electron chi connectivity index (χ0n) is 17.3. The Bertz CT molecular complexity index is 927. The van der Waals surface area contributed by atoms with Crippen molar-refractivity contribution in [1.29, 1.82) is 0 Å². The van der Waals surface area contributed by atoms with Crippen molar-refractivity contribution in [2.24, 2.45) is 0 Å². The number of benzene rings is 4. The third kappa shape index (κ3) is 7.36. The van der Waals surface area contributed by atoms with Crippen LogP contribution in [0.15, 0.2) is 115 Å². The summed E-state index contributed by atoms with van der Waals surface area (Å²) >= 11 is 0. The predicted octanol–water partition coefficient (Wildman–Crippen LogP) is 6.50. The topological polar surface area (TPSA) is 60.7 Å². The summed E-state index contributed by atoms with van der Waals surface area (Å²) in [7, 11) is 0. The van der Waals surface area contributed by atoms with Gasteiger partial charge in [-0.25, -0.2) is 0 Å². The zero-order chi connectivity index (χ0) is 21.8. The molecule has 0 fully saturated rings. The normalized spacial score (nSPS) is 10.1. The molecular formula is C27H28O3. The summed E-state index contributed by atoms with van der Waals surface area (Å²) in [6, 6.07) is 35.2. The first-order chi connectivity index (χ1) is 14.4. The molecule has 30 heavy (non-hydrogen) atoms. The van der Waals surface area contributed by atoms with Crippen molar-refractivity contribution in [3.05, 3.63) is 126 Å². The van der Waals surface area contributed by atoms with E-state index in [2.05, 4.69) is 38.1 Å². The summed E-state index contributed by atoms with van der Waals surface area (Å²) in [6.45, 7) is 4.38. The van der Waals surface area contributed by atoms with Gasteiger partial charge < -0.3 is 15.3 Å². The van der Waals surface area contributed by atoms with Crippen LogP contribution in [0.3, 0.4) is 0 Å². The smallest absolute Gasteiger partial charge is 0.115 e. The summed E-state index contributed by atoms with van der Waals surface area (Å²) < 4.78 is 0. The largest absolute Gasteiger partial charge is 0.508 e. The third-order valence-corrected chi connectivity index (χ3v) is 4.60. The lowest BCUT2D eigenvalue weighted by molar-refractivity contribution is 0.474. The van der Waals surface area contributed by atoms with E-state index in [0.717, 1.165) is 0 Å². The van der Waals surface area contributed by atoms with E-state index in [4.69, 9.17) is 10.2 Å². The first kappa shape index (κ1) is 22.6. The molecule has 0 saturated heterocycles. The molecule has 0 aliphatic rings. The molecule has 4 rings (SSSR count). The number of aromatic hydroxyl groups is 3. The number of phenols is 3. The van der Waals surface area contributed by atoms with Crippen LogP contribution in [0.25, 0.3) is 0 Å². The highest BCUT2D eigenvalue weighted by Gasteiger charge is 2.22. The number of para-hydroxylation sites is 2. The van der Waals surface area contributed by atoms with Crippen LogP contribution in [-0.4, -0.2) is 15.3 Å². The van der Waals surface area contributed by atoms with Crippen LogP contribution in [0.4, 0.5) is 0 Å². The van der Waals surface area contributed by atoms with E-state index in [1.807, 2.05) is 30.3 Å². The van der Waals surface area contributed by atoms with Gasteiger partial charge >= 0.3 is 0 Å². The van der Waals surface area contributed by atoms with Gasteiger partial charge in [0.2, 0.25) is 0 Å². The van der Waals surface area contributed by atoms with Crippen molar-refractivity contribution in [3.63, 3.8) is 0 Å². The SMILES string of the molecule is CC(C)(c1ccccc1)c1ccc(O)cc1.Oc1ccccc1.Oc1ccccc1. The van der Waals surface area contributed by atoms with Crippen LogP contribution in [0.2, 0.25) is 0 Å². The van der Waals surface area contributed by atoms with Crippen molar-refractivity contribution in [3.8, 4) is 17.2 Å². The molecule has 0 bridgehead atoms. The van der Waals surface area contributed by atoms with Gasteiger partial charge in [0.05, 0.1) is 0 Å². The lowest BCUT2D eigenvalue weighted by Crippen LogP contribution is -2.18. The monoisotopic (exact) mass is 400 g/mol. The second kappa shape index (κ2) is 11.3. The zero-order valence-corrected chi connectivity index (χ0v) is 17.3. The highest BCUT2D eigenvalue weighted by molar-refractivity contribution is 5.39. The summed E-state index contributed by atoms with van der Waals surface area (Å²) in [5.41, 5.74) is 2.45. The molecule has 0 spiro atoms. The van der Waals surface area contributed by atoms with E-state index in [1.165, 1.54) is 11.1 Å². The van der Waals surface area contributed by atoms with Gasteiger partial charge in [0.1, 0.15) is 17.2 Å². The molecule has 0 heterocycles. The van der Waals surface area contributed by atoms with E-state index in [0.29, 0.717) is 17.2 Å². The molecule has 0 aliphatic carbocycles. The first-order valence-corrected chi connectivity index (χ1v) is 9.72. The van der Waals surface area contributed by atoms with Crippen LogP contribution < -0.4 is 0 Å². The lowest BCUT2D eigenvalue weighted by Gasteiger charge is -2.26. The van der Waals surface area contributed by atoms with Gasteiger partial charge in [0.25, 0.3) is 0 Å². The molecule has 0 amide bonds. The molecule has 154 valence electrons. The number of hydrogen-bond donors (Lipinski definition) is 3. The maximum atomic E-state index is 9.29. The van der Waals surface area contributed by atoms with Crippen molar-refractivity contribution < 1.29 is 15.3 Å². The van der Waals surface area contributed by atoms with Gasteiger partial charge in [0, 0.05) is 5.41 Å². The number of rotatable bonds is 2. The van der Waals surface area contributed by atoms with E-state index < -0.39 is 0 Å². The van der Waals surface area contributed by atoms with E-state index in [1.54, 1.807) is 60.7 Å².